The summed E-state index contributed by atoms with van der Waals surface area (Å²) in [6.07, 6.45) is 5.07. The second-order valence-corrected chi connectivity index (χ2v) is 6.88. The Morgan fingerprint density at radius 2 is 1.96 bits per heavy atom. The molecule has 1 N–H and O–H groups in total. The normalized spacial score (nSPS) is 16.1. The average molecular weight is 380 g/mol. The van der Waals surface area contributed by atoms with Crippen LogP contribution in [0.4, 0.5) is 5.69 Å². The molecule has 0 atom stereocenters. The number of hydrogen-bond acceptors (Lipinski definition) is 6. The topological polar surface area (TPSA) is 66.9 Å². The molecule has 0 bridgehead atoms. The van der Waals surface area contributed by atoms with Gasteiger partial charge in [0.05, 0.1) is 17.4 Å². The summed E-state index contributed by atoms with van der Waals surface area (Å²) in [5.41, 5.74) is 2.77. The van der Waals surface area contributed by atoms with Crippen molar-refractivity contribution in [2.75, 3.05) is 44.4 Å². The van der Waals surface area contributed by atoms with Gasteiger partial charge >= 0.3 is 0 Å². The van der Waals surface area contributed by atoms with Gasteiger partial charge in [0.15, 0.2) is 11.5 Å². The van der Waals surface area contributed by atoms with Crippen molar-refractivity contribution in [2.45, 2.75) is 6.54 Å². The SMILES string of the molecule is C=CCNC(=O)c1cncc(N2CCN(Cc3ccc4c(c3)OCO4)CC2)c1. The van der Waals surface area contributed by atoms with Crippen molar-refractivity contribution in [2.24, 2.45) is 0 Å². The van der Waals surface area contributed by atoms with Gasteiger partial charge in [-0.1, -0.05) is 12.1 Å². The zero-order valence-electron chi connectivity index (χ0n) is 15.8. The second-order valence-electron chi connectivity index (χ2n) is 6.88. The predicted molar refractivity (Wildman–Crippen MR) is 107 cm³/mol. The quantitative estimate of drug-likeness (QED) is 0.774. The third-order valence-electron chi connectivity index (χ3n) is 4.97. The number of nitrogens with zero attached hydrogens (tertiary/aromatic N) is 3. The Balaban J connectivity index is 1.34. The molecular weight excluding hydrogens is 356 g/mol. The summed E-state index contributed by atoms with van der Waals surface area (Å²) in [6, 6.07) is 8.03. The molecule has 1 amide bonds. The lowest BCUT2D eigenvalue weighted by atomic mass is 10.1. The van der Waals surface area contributed by atoms with Crippen molar-refractivity contribution >= 4 is 11.6 Å². The zero-order valence-corrected chi connectivity index (χ0v) is 15.8. The van der Waals surface area contributed by atoms with Crippen LogP contribution in [0, 0.1) is 0 Å². The van der Waals surface area contributed by atoms with Crippen LogP contribution in [0.5, 0.6) is 11.5 Å². The smallest absolute Gasteiger partial charge is 0.253 e. The molecule has 0 unspecified atom stereocenters. The van der Waals surface area contributed by atoms with Crippen molar-refractivity contribution in [3.8, 4) is 11.5 Å². The lowest BCUT2D eigenvalue weighted by Crippen LogP contribution is -2.46. The molecule has 1 aromatic heterocycles. The maximum absolute atomic E-state index is 12.1. The number of piperazine rings is 1. The van der Waals surface area contributed by atoms with E-state index in [2.05, 4.69) is 38.8 Å². The fourth-order valence-electron chi connectivity index (χ4n) is 3.45. The first-order valence-corrected chi connectivity index (χ1v) is 9.43. The van der Waals surface area contributed by atoms with Gasteiger partial charge in [0.1, 0.15) is 0 Å². The van der Waals surface area contributed by atoms with Gasteiger partial charge in [-0.15, -0.1) is 6.58 Å². The fourth-order valence-corrected chi connectivity index (χ4v) is 3.45. The molecule has 146 valence electrons. The van der Waals surface area contributed by atoms with Crippen LogP contribution in [0.15, 0.2) is 49.3 Å². The van der Waals surface area contributed by atoms with Gasteiger partial charge < -0.3 is 19.7 Å². The molecule has 1 saturated heterocycles. The third kappa shape index (κ3) is 4.09. The van der Waals surface area contributed by atoms with Gasteiger partial charge in [0.25, 0.3) is 5.91 Å². The first-order valence-electron chi connectivity index (χ1n) is 9.43. The molecule has 4 rings (SSSR count). The van der Waals surface area contributed by atoms with Crippen LogP contribution in [-0.4, -0.2) is 55.3 Å². The molecule has 0 radical (unpaired) electrons. The Labute approximate surface area is 164 Å². The van der Waals surface area contributed by atoms with Crippen molar-refractivity contribution < 1.29 is 14.3 Å². The van der Waals surface area contributed by atoms with E-state index in [1.165, 1.54) is 5.56 Å². The van der Waals surface area contributed by atoms with Gasteiger partial charge in [-0.25, -0.2) is 0 Å². The van der Waals surface area contributed by atoms with Crippen LogP contribution in [0.25, 0.3) is 0 Å². The summed E-state index contributed by atoms with van der Waals surface area (Å²) in [7, 11) is 0. The van der Waals surface area contributed by atoms with Crippen molar-refractivity contribution in [3.63, 3.8) is 0 Å². The Hall–Kier alpha value is -3.06. The van der Waals surface area contributed by atoms with E-state index in [0.717, 1.165) is 49.9 Å². The van der Waals surface area contributed by atoms with E-state index < -0.39 is 0 Å². The minimum Gasteiger partial charge on any atom is -0.454 e. The minimum atomic E-state index is -0.129. The first kappa shape index (κ1) is 18.3. The Bertz CT molecular complexity index is 862. The number of pyridine rings is 1. The summed E-state index contributed by atoms with van der Waals surface area (Å²) in [6.45, 7) is 8.92. The molecule has 0 spiro atoms. The highest BCUT2D eigenvalue weighted by Gasteiger charge is 2.20. The average Bonchev–Trinajstić information content (AvgIpc) is 3.20. The standard InChI is InChI=1S/C21H24N4O3/c1-2-5-23-21(26)17-11-18(13-22-12-17)25-8-6-24(7-9-25)14-16-3-4-19-20(10-16)28-15-27-19/h2-4,10-13H,1,5-9,14-15H2,(H,23,26). The Kier molecular flexibility index (Phi) is 5.43. The molecule has 3 heterocycles. The predicted octanol–water partition coefficient (Wildman–Crippen LogP) is 2.05. The molecule has 2 aliphatic heterocycles. The van der Waals surface area contributed by atoms with Crippen molar-refractivity contribution in [1.82, 2.24) is 15.2 Å². The summed E-state index contributed by atoms with van der Waals surface area (Å²) in [4.78, 5) is 21.1. The summed E-state index contributed by atoms with van der Waals surface area (Å²) < 4.78 is 10.8. The van der Waals surface area contributed by atoms with Gasteiger partial charge in [0, 0.05) is 45.5 Å². The number of ether oxygens (including phenoxy) is 2. The maximum Gasteiger partial charge on any atom is 0.253 e. The molecule has 7 nitrogen and oxygen atoms in total. The summed E-state index contributed by atoms with van der Waals surface area (Å²) >= 11 is 0. The molecule has 0 aliphatic carbocycles. The van der Waals surface area contributed by atoms with Crippen LogP contribution in [-0.2, 0) is 6.54 Å². The molecule has 28 heavy (non-hydrogen) atoms. The fraction of sp³-hybridized carbons (Fsp3) is 0.333. The Morgan fingerprint density at radius 1 is 1.14 bits per heavy atom. The number of rotatable bonds is 6. The van der Waals surface area contributed by atoms with Crippen LogP contribution < -0.4 is 19.7 Å². The summed E-state index contributed by atoms with van der Waals surface area (Å²) in [5.74, 6) is 1.52. The highest BCUT2D eigenvalue weighted by Crippen LogP contribution is 2.33. The molecule has 1 aromatic carbocycles. The first-order chi connectivity index (χ1) is 13.7. The van der Waals surface area contributed by atoms with Crippen LogP contribution >= 0.6 is 0 Å². The molecule has 1 fully saturated rings. The number of nitrogens with one attached hydrogen (secondary N) is 1. The monoisotopic (exact) mass is 380 g/mol. The highest BCUT2D eigenvalue weighted by molar-refractivity contribution is 5.94. The van der Waals surface area contributed by atoms with E-state index in [4.69, 9.17) is 9.47 Å². The van der Waals surface area contributed by atoms with E-state index in [1.54, 1.807) is 12.3 Å². The lowest BCUT2D eigenvalue weighted by Gasteiger charge is -2.36. The largest absolute Gasteiger partial charge is 0.454 e. The van der Waals surface area contributed by atoms with E-state index >= 15 is 0 Å². The number of carbonyl (C=O) groups is 1. The lowest BCUT2D eigenvalue weighted by molar-refractivity contribution is 0.0957. The molecular formula is C21H24N4O3. The summed E-state index contributed by atoms with van der Waals surface area (Å²) in [5, 5.41) is 2.79. The number of benzene rings is 1. The Morgan fingerprint density at radius 3 is 2.79 bits per heavy atom. The van der Waals surface area contributed by atoms with E-state index in [9.17, 15) is 4.79 Å². The zero-order chi connectivity index (χ0) is 19.3. The number of carbonyl (C=O) groups excluding carboxylic acids is 1. The molecule has 7 heteroatoms. The maximum atomic E-state index is 12.1. The number of anilines is 1. The van der Waals surface area contributed by atoms with E-state index in [0.29, 0.717) is 18.9 Å². The number of amides is 1. The highest BCUT2D eigenvalue weighted by atomic mass is 16.7. The third-order valence-corrected chi connectivity index (χ3v) is 4.97. The van der Waals surface area contributed by atoms with Gasteiger partial charge in [-0.3, -0.25) is 14.7 Å². The number of fused-ring (bicyclic) bond motifs is 1. The second kappa shape index (κ2) is 8.31. The number of hydrogen-bond donors (Lipinski definition) is 1. The van der Waals surface area contributed by atoms with Crippen LogP contribution in [0.1, 0.15) is 15.9 Å². The van der Waals surface area contributed by atoms with Crippen molar-refractivity contribution in [1.29, 1.82) is 0 Å². The van der Waals surface area contributed by atoms with E-state index in [1.807, 2.05) is 18.3 Å². The van der Waals surface area contributed by atoms with E-state index in [-0.39, 0.29) is 5.91 Å². The van der Waals surface area contributed by atoms with Gasteiger partial charge in [0.2, 0.25) is 6.79 Å². The van der Waals surface area contributed by atoms with Crippen LogP contribution in [0.2, 0.25) is 0 Å². The number of aromatic nitrogens is 1. The van der Waals surface area contributed by atoms with Gasteiger partial charge in [-0.05, 0) is 23.8 Å². The molecule has 0 saturated carbocycles. The van der Waals surface area contributed by atoms with Gasteiger partial charge in [-0.2, -0.15) is 0 Å². The van der Waals surface area contributed by atoms with Crippen molar-refractivity contribution in [3.05, 3.63) is 60.4 Å². The molecule has 2 aliphatic rings. The van der Waals surface area contributed by atoms with Crippen LogP contribution in [0.3, 0.4) is 0 Å². The molecule has 2 aromatic rings. The minimum absolute atomic E-state index is 0.129.